The Morgan fingerprint density at radius 2 is 2.31 bits per heavy atom. The van der Waals surface area contributed by atoms with E-state index < -0.39 is 0 Å². The molecule has 0 unspecified atom stereocenters. The van der Waals surface area contributed by atoms with Gasteiger partial charge in [0.2, 0.25) is 0 Å². The van der Waals surface area contributed by atoms with Crippen LogP contribution >= 0.6 is 15.9 Å². The molecule has 0 saturated carbocycles. The minimum atomic E-state index is -0.381. The van der Waals surface area contributed by atoms with Crippen molar-refractivity contribution >= 4 is 33.4 Å². The van der Waals surface area contributed by atoms with Crippen molar-refractivity contribution in [1.82, 2.24) is 0 Å². The summed E-state index contributed by atoms with van der Waals surface area (Å²) in [6.45, 7) is 0. The van der Waals surface area contributed by atoms with Crippen molar-refractivity contribution in [3.05, 3.63) is 40.0 Å². The molecule has 1 rings (SSSR count). The SMILES string of the molecule is CNc1ccc(C=CCCBr)cc1[N+](=O)[O-]. The largest absolute Gasteiger partial charge is 0.383 e. The average molecular weight is 285 g/mol. The molecule has 16 heavy (non-hydrogen) atoms. The van der Waals surface area contributed by atoms with Gasteiger partial charge in [-0.05, 0) is 18.1 Å². The van der Waals surface area contributed by atoms with E-state index in [0.29, 0.717) is 5.69 Å². The lowest BCUT2D eigenvalue weighted by molar-refractivity contribution is -0.383. The first kappa shape index (κ1) is 12.7. The van der Waals surface area contributed by atoms with Gasteiger partial charge in [0.25, 0.3) is 5.69 Å². The number of allylic oxidation sites excluding steroid dienone is 1. The highest BCUT2D eigenvalue weighted by Gasteiger charge is 2.12. The molecule has 5 heteroatoms. The van der Waals surface area contributed by atoms with E-state index in [1.54, 1.807) is 19.2 Å². The highest BCUT2D eigenvalue weighted by atomic mass is 79.9. The van der Waals surface area contributed by atoms with Gasteiger partial charge in [0, 0.05) is 18.4 Å². The molecule has 0 aromatic heterocycles. The molecule has 0 aliphatic carbocycles. The molecule has 0 amide bonds. The van der Waals surface area contributed by atoms with E-state index in [-0.39, 0.29) is 10.6 Å². The van der Waals surface area contributed by atoms with Gasteiger partial charge in [-0.25, -0.2) is 0 Å². The molecular weight excluding hydrogens is 272 g/mol. The van der Waals surface area contributed by atoms with Gasteiger partial charge in [0.05, 0.1) is 4.92 Å². The minimum absolute atomic E-state index is 0.100. The highest BCUT2D eigenvalue weighted by molar-refractivity contribution is 9.09. The van der Waals surface area contributed by atoms with E-state index in [2.05, 4.69) is 21.2 Å². The summed E-state index contributed by atoms with van der Waals surface area (Å²) in [7, 11) is 1.67. The van der Waals surface area contributed by atoms with Crippen LogP contribution in [0.1, 0.15) is 12.0 Å². The maximum Gasteiger partial charge on any atom is 0.292 e. The number of anilines is 1. The summed E-state index contributed by atoms with van der Waals surface area (Å²) in [6, 6.07) is 5.13. The van der Waals surface area contributed by atoms with Gasteiger partial charge in [-0.1, -0.05) is 34.1 Å². The standard InChI is InChI=1S/C11H13BrN2O2/c1-13-10-6-5-9(4-2-3-7-12)8-11(10)14(15)16/h2,4-6,8,13H,3,7H2,1H3. The maximum atomic E-state index is 10.8. The fourth-order valence-electron chi connectivity index (χ4n) is 1.30. The first-order chi connectivity index (χ1) is 7.69. The third kappa shape index (κ3) is 3.34. The second kappa shape index (κ2) is 6.27. The lowest BCUT2D eigenvalue weighted by Crippen LogP contribution is -1.96. The van der Waals surface area contributed by atoms with Crippen LogP contribution in [0.15, 0.2) is 24.3 Å². The summed E-state index contributed by atoms with van der Waals surface area (Å²) in [6.07, 6.45) is 4.77. The number of nitro groups is 1. The third-order valence-electron chi connectivity index (χ3n) is 2.07. The van der Waals surface area contributed by atoms with Crippen LogP contribution in [0.5, 0.6) is 0 Å². The molecule has 0 radical (unpaired) electrons. The van der Waals surface area contributed by atoms with Crippen molar-refractivity contribution in [3.63, 3.8) is 0 Å². The summed E-state index contributed by atoms with van der Waals surface area (Å²) in [5.74, 6) is 0. The van der Waals surface area contributed by atoms with Crippen molar-refractivity contribution in [2.75, 3.05) is 17.7 Å². The topological polar surface area (TPSA) is 55.2 Å². The van der Waals surface area contributed by atoms with Gasteiger partial charge >= 0.3 is 0 Å². The Bertz CT molecular complexity index is 405. The summed E-state index contributed by atoms with van der Waals surface area (Å²) < 4.78 is 0. The van der Waals surface area contributed by atoms with Gasteiger partial charge in [-0.3, -0.25) is 10.1 Å². The molecule has 0 spiro atoms. The summed E-state index contributed by atoms with van der Waals surface area (Å²) in [4.78, 5) is 10.4. The molecule has 0 aliphatic heterocycles. The van der Waals surface area contributed by atoms with Crippen LogP contribution in [0, 0.1) is 10.1 Å². The first-order valence-electron chi connectivity index (χ1n) is 4.87. The normalized spacial score (nSPS) is 10.6. The molecule has 1 aromatic rings. The number of nitrogens with one attached hydrogen (secondary N) is 1. The van der Waals surface area contributed by atoms with Crippen LogP contribution in [0.25, 0.3) is 6.08 Å². The van der Waals surface area contributed by atoms with Crippen molar-refractivity contribution in [2.24, 2.45) is 0 Å². The number of hydrogen-bond donors (Lipinski definition) is 1. The van der Waals surface area contributed by atoms with E-state index in [1.165, 1.54) is 0 Å². The Balaban J connectivity index is 2.98. The second-order valence-corrected chi connectivity index (χ2v) is 3.96. The lowest BCUT2D eigenvalue weighted by atomic mass is 10.1. The zero-order valence-corrected chi connectivity index (χ0v) is 10.5. The Hall–Kier alpha value is -1.36. The maximum absolute atomic E-state index is 10.8. The predicted molar refractivity (Wildman–Crippen MR) is 70.1 cm³/mol. The van der Waals surface area contributed by atoms with Crippen LogP contribution in [0.2, 0.25) is 0 Å². The van der Waals surface area contributed by atoms with Crippen LogP contribution in [0.4, 0.5) is 11.4 Å². The quantitative estimate of drug-likeness (QED) is 0.512. The number of benzene rings is 1. The van der Waals surface area contributed by atoms with Crippen LogP contribution in [-0.2, 0) is 0 Å². The summed E-state index contributed by atoms with van der Waals surface area (Å²) in [5, 5.41) is 14.5. The molecule has 86 valence electrons. The average Bonchev–Trinajstić information content (AvgIpc) is 2.29. The van der Waals surface area contributed by atoms with Crippen molar-refractivity contribution in [3.8, 4) is 0 Å². The number of hydrogen-bond acceptors (Lipinski definition) is 3. The van der Waals surface area contributed by atoms with Gasteiger partial charge in [0.1, 0.15) is 5.69 Å². The molecule has 4 nitrogen and oxygen atoms in total. The molecule has 0 bridgehead atoms. The first-order valence-corrected chi connectivity index (χ1v) is 6.00. The third-order valence-corrected chi connectivity index (χ3v) is 2.53. The Labute approximate surface area is 103 Å². The molecule has 0 fully saturated rings. The highest BCUT2D eigenvalue weighted by Crippen LogP contribution is 2.25. The van der Waals surface area contributed by atoms with E-state index >= 15 is 0 Å². The molecule has 0 aliphatic rings. The smallest absolute Gasteiger partial charge is 0.292 e. The molecule has 0 saturated heterocycles. The number of halogens is 1. The van der Waals surface area contributed by atoms with Crippen LogP contribution in [0.3, 0.4) is 0 Å². The predicted octanol–water partition coefficient (Wildman–Crippen LogP) is 3.43. The van der Waals surface area contributed by atoms with Crippen molar-refractivity contribution < 1.29 is 4.92 Å². The molecule has 1 N–H and O–H groups in total. The van der Waals surface area contributed by atoms with E-state index in [4.69, 9.17) is 0 Å². The Kier molecular flexibility index (Phi) is 4.98. The van der Waals surface area contributed by atoms with Crippen molar-refractivity contribution in [1.29, 1.82) is 0 Å². The monoisotopic (exact) mass is 284 g/mol. The number of nitro benzene ring substituents is 1. The zero-order chi connectivity index (χ0) is 12.0. The minimum Gasteiger partial charge on any atom is -0.383 e. The van der Waals surface area contributed by atoms with E-state index in [9.17, 15) is 10.1 Å². The number of rotatable bonds is 5. The summed E-state index contributed by atoms with van der Waals surface area (Å²) in [5.41, 5.74) is 1.47. The Morgan fingerprint density at radius 1 is 1.56 bits per heavy atom. The second-order valence-electron chi connectivity index (χ2n) is 3.16. The van der Waals surface area contributed by atoms with Crippen LogP contribution < -0.4 is 5.32 Å². The molecule has 0 heterocycles. The van der Waals surface area contributed by atoms with Crippen LogP contribution in [-0.4, -0.2) is 17.3 Å². The molecule has 0 atom stereocenters. The van der Waals surface area contributed by atoms with Crippen molar-refractivity contribution in [2.45, 2.75) is 6.42 Å². The zero-order valence-electron chi connectivity index (χ0n) is 8.94. The fraction of sp³-hybridized carbons (Fsp3) is 0.273. The van der Waals surface area contributed by atoms with E-state index in [0.717, 1.165) is 17.3 Å². The lowest BCUT2D eigenvalue weighted by Gasteiger charge is -2.02. The van der Waals surface area contributed by atoms with Gasteiger partial charge in [-0.15, -0.1) is 0 Å². The van der Waals surface area contributed by atoms with E-state index in [1.807, 2.05) is 18.2 Å². The number of nitrogens with zero attached hydrogens (tertiary/aromatic N) is 1. The fourth-order valence-corrected chi connectivity index (χ4v) is 1.56. The molecular formula is C11H13BrN2O2. The van der Waals surface area contributed by atoms with Gasteiger partial charge in [-0.2, -0.15) is 0 Å². The molecule has 1 aromatic carbocycles. The number of alkyl halides is 1. The Morgan fingerprint density at radius 3 is 2.88 bits per heavy atom. The van der Waals surface area contributed by atoms with Gasteiger partial charge < -0.3 is 5.32 Å². The summed E-state index contributed by atoms with van der Waals surface area (Å²) >= 11 is 3.31. The van der Waals surface area contributed by atoms with Gasteiger partial charge in [0.15, 0.2) is 0 Å².